The molecule has 7 nitrogen and oxygen atoms in total. The fourth-order valence-corrected chi connectivity index (χ4v) is 2.60. The number of methoxy groups -OCH3 is 2. The van der Waals surface area contributed by atoms with Gasteiger partial charge < -0.3 is 23.8 Å². The maximum absolute atomic E-state index is 12.8. The molecule has 24 heavy (non-hydrogen) atoms. The number of amides is 2. The smallest absolute Gasteiger partial charge is 0.249 e. The summed E-state index contributed by atoms with van der Waals surface area (Å²) in [5.74, 6) is -0.225. The zero-order valence-electron chi connectivity index (χ0n) is 14.7. The number of rotatable bonds is 10. The second kappa shape index (κ2) is 8.84. The summed E-state index contributed by atoms with van der Waals surface area (Å²) in [6, 6.07) is 4.27. The van der Waals surface area contributed by atoms with E-state index < -0.39 is 0 Å². The molecule has 0 unspecified atom stereocenters. The Morgan fingerprint density at radius 1 is 1.25 bits per heavy atom. The molecule has 1 aromatic rings. The van der Waals surface area contributed by atoms with Crippen LogP contribution in [0.2, 0.25) is 0 Å². The van der Waals surface area contributed by atoms with Crippen LogP contribution in [0.25, 0.3) is 0 Å². The summed E-state index contributed by atoms with van der Waals surface area (Å²) in [5, 5.41) is 0. The van der Waals surface area contributed by atoms with E-state index in [1.54, 1.807) is 7.11 Å². The van der Waals surface area contributed by atoms with Crippen molar-refractivity contribution in [3.63, 3.8) is 0 Å². The van der Waals surface area contributed by atoms with Crippen molar-refractivity contribution in [1.29, 1.82) is 0 Å². The molecular formula is C17H27N3O4. The van der Waals surface area contributed by atoms with E-state index in [9.17, 15) is 9.59 Å². The maximum Gasteiger partial charge on any atom is 0.249 e. The van der Waals surface area contributed by atoms with Gasteiger partial charge in [-0.05, 0) is 25.0 Å². The van der Waals surface area contributed by atoms with Crippen LogP contribution in [0.4, 0.5) is 0 Å². The van der Waals surface area contributed by atoms with E-state index in [4.69, 9.17) is 9.47 Å². The van der Waals surface area contributed by atoms with E-state index in [1.807, 2.05) is 34.8 Å². The number of hydrogen-bond donors (Lipinski definition) is 0. The Morgan fingerprint density at radius 2 is 2.00 bits per heavy atom. The van der Waals surface area contributed by atoms with Crippen molar-refractivity contribution >= 4 is 11.8 Å². The lowest BCUT2D eigenvalue weighted by Crippen LogP contribution is -2.45. The van der Waals surface area contributed by atoms with E-state index in [0.29, 0.717) is 19.7 Å². The number of carbonyl (C=O) groups is 2. The van der Waals surface area contributed by atoms with Crippen molar-refractivity contribution in [2.45, 2.75) is 25.4 Å². The fraction of sp³-hybridized carbons (Fsp3) is 0.647. The molecule has 0 aliphatic heterocycles. The summed E-state index contributed by atoms with van der Waals surface area (Å²) in [6.07, 6.45) is 4.03. The summed E-state index contributed by atoms with van der Waals surface area (Å²) in [7, 11) is 5.02. The quantitative estimate of drug-likeness (QED) is 0.628. The van der Waals surface area contributed by atoms with Gasteiger partial charge in [-0.25, -0.2) is 0 Å². The Morgan fingerprint density at radius 3 is 2.54 bits per heavy atom. The second-order valence-electron chi connectivity index (χ2n) is 6.10. The SMILES string of the molecule is COCCN(CC(=O)N(Cc1cccn1C)C1CC1)C(=O)COC. The van der Waals surface area contributed by atoms with Gasteiger partial charge in [0.15, 0.2) is 0 Å². The second-order valence-corrected chi connectivity index (χ2v) is 6.10. The van der Waals surface area contributed by atoms with E-state index in [0.717, 1.165) is 18.5 Å². The molecule has 0 atom stereocenters. The standard InChI is InChI=1S/C17H27N3O4/c1-18-8-4-5-15(18)11-20(14-6-7-14)16(21)12-19(9-10-23-2)17(22)13-24-3/h4-5,8,14H,6-7,9-13H2,1-3H3. The summed E-state index contributed by atoms with van der Waals surface area (Å²) < 4.78 is 12.0. The zero-order valence-corrected chi connectivity index (χ0v) is 14.7. The minimum atomic E-state index is -0.197. The van der Waals surface area contributed by atoms with E-state index in [1.165, 1.54) is 12.0 Å². The van der Waals surface area contributed by atoms with Crippen LogP contribution in [0, 0.1) is 0 Å². The normalized spacial score (nSPS) is 13.8. The summed E-state index contributed by atoms with van der Waals surface area (Å²) in [6.45, 7) is 1.38. The first-order valence-electron chi connectivity index (χ1n) is 8.22. The third-order valence-corrected chi connectivity index (χ3v) is 4.20. The van der Waals surface area contributed by atoms with E-state index in [-0.39, 0.29) is 31.0 Å². The lowest BCUT2D eigenvalue weighted by atomic mass is 10.3. The topological polar surface area (TPSA) is 64.0 Å². The summed E-state index contributed by atoms with van der Waals surface area (Å²) in [4.78, 5) is 28.3. The van der Waals surface area contributed by atoms with Gasteiger partial charge >= 0.3 is 0 Å². The lowest BCUT2D eigenvalue weighted by Gasteiger charge is -2.27. The third-order valence-electron chi connectivity index (χ3n) is 4.20. The highest BCUT2D eigenvalue weighted by Crippen LogP contribution is 2.28. The number of aromatic nitrogens is 1. The molecule has 1 aliphatic rings. The van der Waals surface area contributed by atoms with Crippen LogP contribution in [0.15, 0.2) is 18.3 Å². The predicted molar refractivity (Wildman–Crippen MR) is 89.3 cm³/mol. The molecule has 2 rings (SSSR count). The van der Waals surface area contributed by atoms with Gasteiger partial charge in [0.2, 0.25) is 11.8 Å². The average Bonchev–Trinajstić information content (AvgIpc) is 3.32. The number of nitrogens with zero attached hydrogens (tertiary/aromatic N) is 3. The molecule has 134 valence electrons. The molecule has 0 radical (unpaired) electrons. The van der Waals surface area contributed by atoms with Crippen LogP contribution in [-0.2, 0) is 32.7 Å². The Kier molecular flexibility index (Phi) is 6.81. The fourth-order valence-electron chi connectivity index (χ4n) is 2.60. The van der Waals surface area contributed by atoms with Crippen LogP contribution >= 0.6 is 0 Å². The van der Waals surface area contributed by atoms with Crippen LogP contribution in [0.3, 0.4) is 0 Å². The minimum absolute atomic E-state index is 0.0285. The summed E-state index contributed by atoms with van der Waals surface area (Å²) in [5.41, 5.74) is 1.09. The van der Waals surface area contributed by atoms with Gasteiger partial charge in [-0.1, -0.05) is 0 Å². The summed E-state index contributed by atoms with van der Waals surface area (Å²) >= 11 is 0. The highest BCUT2D eigenvalue weighted by Gasteiger charge is 2.34. The van der Waals surface area contributed by atoms with Gasteiger partial charge in [0.25, 0.3) is 0 Å². The lowest BCUT2D eigenvalue weighted by molar-refractivity contribution is -0.143. The Labute approximate surface area is 143 Å². The zero-order chi connectivity index (χ0) is 17.5. The molecule has 0 N–H and O–H groups in total. The number of ether oxygens (including phenoxy) is 2. The van der Waals surface area contributed by atoms with Gasteiger partial charge in [-0.15, -0.1) is 0 Å². The first kappa shape index (κ1) is 18.5. The molecule has 1 saturated carbocycles. The maximum atomic E-state index is 12.8. The van der Waals surface area contributed by atoms with Crippen molar-refractivity contribution < 1.29 is 19.1 Å². The van der Waals surface area contributed by atoms with Crippen LogP contribution in [0.5, 0.6) is 0 Å². The van der Waals surface area contributed by atoms with Crippen LogP contribution in [0.1, 0.15) is 18.5 Å². The Bertz CT molecular complexity index is 554. The molecule has 0 bridgehead atoms. The van der Waals surface area contributed by atoms with Gasteiger partial charge in [-0.2, -0.15) is 0 Å². The Hall–Kier alpha value is -1.86. The van der Waals surface area contributed by atoms with Crippen LogP contribution < -0.4 is 0 Å². The largest absolute Gasteiger partial charge is 0.383 e. The molecule has 1 aromatic heterocycles. The van der Waals surface area contributed by atoms with Gasteiger partial charge in [0.05, 0.1) is 19.7 Å². The van der Waals surface area contributed by atoms with Crippen molar-refractivity contribution in [2.75, 3.05) is 40.5 Å². The molecule has 7 heteroatoms. The van der Waals surface area contributed by atoms with Gasteiger partial charge in [0.1, 0.15) is 6.61 Å². The van der Waals surface area contributed by atoms with Crippen molar-refractivity contribution in [2.24, 2.45) is 7.05 Å². The number of aryl methyl sites for hydroxylation is 1. The highest BCUT2D eigenvalue weighted by molar-refractivity contribution is 5.85. The van der Waals surface area contributed by atoms with E-state index in [2.05, 4.69) is 0 Å². The third kappa shape index (κ3) is 5.07. The number of hydrogen-bond acceptors (Lipinski definition) is 4. The molecule has 0 saturated heterocycles. The number of carbonyl (C=O) groups excluding carboxylic acids is 2. The molecule has 1 fully saturated rings. The van der Waals surface area contributed by atoms with Crippen LogP contribution in [-0.4, -0.2) is 72.7 Å². The monoisotopic (exact) mass is 337 g/mol. The van der Waals surface area contributed by atoms with Crippen molar-refractivity contribution in [3.05, 3.63) is 24.0 Å². The minimum Gasteiger partial charge on any atom is -0.383 e. The average molecular weight is 337 g/mol. The van der Waals surface area contributed by atoms with E-state index >= 15 is 0 Å². The predicted octanol–water partition coefficient (Wildman–Crippen LogP) is 0.638. The van der Waals surface area contributed by atoms with Crippen molar-refractivity contribution in [1.82, 2.24) is 14.4 Å². The molecule has 0 spiro atoms. The molecule has 0 aromatic carbocycles. The highest BCUT2D eigenvalue weighted by atomic mass is 16.5. The molecule has 2 amide bonds. The molecular weight excluding hydrogens is 310 g/mol. The Balaban J connectivity index is 2.01. The van der Waals surface area contributed by atoms with Gasteiger partial charge in [-0.3, -0.25) is 9.59 Å². The first-order chi connectivity index (χ1) is 11.6. The molecule has 1 heterocycles. The van der Waals surface area contributed by atoms with Crippen molar-refractivity contribution in [3.8, 4) is 0 Å². The molecule has 1 aliphatic carbocycles. The van der Waals surface area contributed by atoms with Gasteiger partial charge in [0, 0.05) is 45.7 Å². The first-order valence-corrected chi connectivity index (χ1v) is 8.22.